The first kappa shape index (κ1) is 13.7. The Labute approximate surface area is 124 Å². The van der Waals surface area contributed by atoms with E-state index in [1.54, 1.807) is 7.11 Å². The number of nitrogens with zero attached hydrogens (tertiary/aromatic N) is 2. The zero-order valence-electron chi connectivity index (χ0n) is 12.3. The minimum absolute atomic E-state index is 0.0729. The lowest BCUT2D eigenvalue weighted by molar-refractivity contribution is 0.415. The number of alkyl halides is 1. The zero-order valence-corrected chi connectivity index (χ0v) is 13.0. The van der Waals surface area contributed by atoms with E-state index in [0.29, 0.717) is 6.04 Å². The molecule has 0 N–H and O–H groups in total. The zero-order chi connectivity index (χ0) is 14.3. The minimum atomic E-state index is -0.0729. The van der Waals surface area contributed by atoms with Gasteiger partial charge in [0.15, 0.2) is 0 Å². The van der Waals surface area contributed by atoms with Crippen LogP contribution in [0, 0.1) is 5.92 Å². The van der Waals surface area contributed by atoms with Crippen LogP contribution in [0.25, 0.3) is 11.0 Å². The van der Waals surface area contributed by atoms with Crippen LogP contribution in [0.2, 0.25) is 0 Å². The SMILES string of the molecule is CCCC1CC1n1c(C(C)Cl)nc2ccc(OC)cc21. The van der Waals surface area contributed by atoms with Crippen LogP contribution in [0.4, 0.5) is 0 Å². The second-order valence-corrected chi connectivity index (χ2v) is 6.32. The summed E-state index contributed by atoms with van der Waals surface area (Å²) in [5.41, 5.74) is 2.16. The smallest absolute Gasteiger partial charge is 0.127 e. The first-order chi connectivity index (χ1) is 9.65. The van der Waals surface area contributed by atoms with E-state index in [2.05, 4.69) is 17.6 Å². The van der Waals surface area contributed by atoms with Crippen LogP contribution in [0.15, 0.2) is 18.2 Å². The Bertz CT molecular complexity index is 620. The summed E-state index contributed by atoms with van der Waals surface area (Å²) < 4.78 is 7.69. The van der Waals surface area contributed by atoms with Gasteiger partial charge in [-0.25, -0.2) is 4.98 Å². The molecule has 3 nitrogen and oxygen atoms in total. The van der Waals surface area contributed by atoms with Crippen molar-refractivity contribution in [1.29, 1.82) is 0 Å². The van der Waals surface area contributed by atoms with Crippen molar-refractivity contribution < 1.29 is 4.74 Å². The summed E-state index contributed by atoms with van der Waals surface area (Å²) in [6.07, 6.45) is 3.76. The maximum Gasteiger partial charge on any atom is 0.127 e. The number of hydrogen-bond acceptors (Lipinski definition) is 2. The second-order valence-electron chi connectivity index (χ2n) is 5.66. The maximum atomic E-state index is 6.34. The highest BCUT2D eigenvalue weighted by Gasteiger charge is 2.40. The Hall–Kier alpha value is -1.22. The molecule has 1 fully saturated rings. The Balaban J connectivity index is 2.08. The predicted octanol–water partition coefficient (Wildman–Crippen LogP) is 4.71. The van der Waals surface area contributed by atoms with E-state index < -0.39 is 0 Å². The summed E-state index contributed by atoms with van der Waals surface area (Å²) in [4.78, 5) is 4.72. The average molecular weight is 293 g/mol. The average Bonchev–Trinajstić information content (AvgIpc) is 3.08. The monoisotopic (exact) mass is 292 g/mol. The normalized spacial score (nSPS) is 23.0. The Morgan fingerprint density at radius 1 is 1.50 bits per heavy atom. The van der Waals surface area contributed by atoms with Crippen molar-refractivity contribution in [3.05, 3.63) is 24.0 Å². The van der Waals surface area contributed by atoms with Gasteiger partial charge in [0.05, 0.1) is 23.5 Å². The van der Waals surface area contributed by atoms with Crippen molar-refractivity contribution in [2.24, 2.45) is 5.92 Å². The molecule has 1 aliphatic carbocycles. The van der Waals surface area contributed by atoms with Gasteiger partial charge in [0.1, 0.15) is 11.6 Å². The van der Waals surface area contributed by atoms with E-state index in [0.717, 1.165) is 28.5 Å². The fourth-order valence-electron chi connectivity index (χ4n) is 3.08. The van der Waals surface area contributed by atoms with Crippen molar-refractivity contribution in [3.8, 4) is 5.75 Å². The van der Waals surface area contributed by atoms with Gasteiger partial charge in [0, 0.05) is 12.1 Å². The van der Waals surface area contributed by atoms with Crippen molar-refractivity contribution in [2.75, 3.05) is 7.11 Å². The second kappa shape index (κ2) is 5.28. The molecule has 1 saturated carbocycles. The molecule has 3 rings (SSSR count). The van der Waals surface area contributed by atoms with Gasteiger partial charge in [-0.1, -0.05) is 13.3 Å². The quantitative estimate of drug-likeness (QED) is 0.747. The van der Waals surface area contributed by atoms with E-state index in [-0.39, 0.29) is 5.38 Å². The van der Waals surface area contributed by atoms with Gasteiger partial charge < -0.3 is 9.30 Å². The standard InChI is InChI=1S/C16H21ClN2O/c1-4-5-11-8-14(11)19-15-9-12(20-3)6-7-13(15)18-16(19)10(2)17/h6-7,9-11,14H,4-5,8H2,1-3H3. The van der Waals surface area contributed by atoms with Crippen LogP contribution in [-0.4, -0.2) is 16.7 Å². The van der Waals surface area contributed by atoms with Gasteiger partial charge >= 0.3 is 0 Å². The highest BCUT2D eigenvalue weighted by molar-refractivity contribution is 6.20. The van der Waals surface area contributed by atoms with Crippen LogP contribution < -0.4 is 4.74 Å². The maximum absolute atomic E-state index is 6.34. The van der Waals surface area contributed by atoms with Crippen LogP contribution in [-0.2, 0) is 0 Å². The lowest BCUT2D eigenvalue weighted by Gasteiger charge is -2.10. The molecule has 1 aliphatic rings. The van der Waals surface area contributed by atoms with E-state index >= 15 is 0 Å². The number of fused-ring (bicyclic) bond motifs is 1. The summed E-state index contributed by atoms with van der Waals surface area (Å²) in [6.45, 7) is 4.24. The predicted molar refractivity (Wildman–Crippen MR) is 82.6 cm³/mol. The molecule has 1 aromatic carbocycles. The molecule has 108 valence electrons. The van der Waals surface area contributed by atoms with Gasteiger partial charge in [0.25, 0.3) is 0 Å². The van der Waals surface area contributed by atoms with Crippen molar-refractivity contribution in [2.45, 2.75) is 44.5 Å². The van der Waals surface area contributed by atoms with Crippen molar-refractivity contribution in [1.82, 2.24) is 9.55 Å². The fourth-order valence-corrected chi connectivity index (χ4v) is 3.23. The molecule has 0 amide bonds. The molecular weight excluding hydrogens is 272 g/mol. The lowest BCUT2D eigenvalue weighted by atomic mass is 10.2. The highest BCUT2D eigenvalue weighted by Crippen LogP contribution is 2.49. The number of ether oxygens (including phenoxy) is 1. The molecule has 1 aromatic heterocycles. The summed E-state index contributed by atoms with van der Waals surface area (Å²) in [6, 6.07) is 6.61. The summed E-state index contributed by atoms with van der Waals surface area (Å²) in [7, 11) is 1.70. The molecule has 0 spiro atoms. The Morgan fingerprint density at radius 2 is 2.30 bits per heavy atom. The summed E-state index contributed by atoms with van der Waals surface area (Å²) >= 11 is 6.34. The highest BCUT2D eigenvalue weighted by atomic mass is 35.5. The van der Waals surface area contributed by atoms with Crippen LogP contribution in [0.1, 0.15) is 50.4 Å². The third kappa shape index (κ3) is 2.28. The van der Waals surface area contributed by atoms with Crippen molar-refractivity contribution in [3.63, 3.8) is 0 Å². The van der Waals surface area contributed by atoms with Crippen LogP contribution in [0.5, 0.6) is 5.75 Å². The number of rotatable bonds is 5. The van der Waals surface area contributed by atoms with E-state index in [9.17, 15) is 0 Å². The molecule has 0 bridgehead atoms. The number of hydrogen-bond donors (Lipinski definition) is 0. The van der Waals surface area contributed by atoms with Gasteiger partial charge in [-0.2, -0.15) is 0 Å². The van der Waals surface area contributed by atoms with Gasteiger partial charge in [0.2, 0.25) is 0 Å². The number of methoxy groups -OCH3 is 1. The number of benzene rings is 1. The van der Waals surface area contributed by atoms with Crippen molar-refractivity contribution >= 4 is 22.6 Å². The minimum Gasteiger partial charge on any atom is -0.497 e. The van der Waals surface area contributed by atoms with Crippen LogP contribution >= 0.6 is 11.6 Å². The number of imidazole rings is 1. The summed E-state index contributed by atoms with van der Waals surface area (Å²) in [5, 5.41) is -0.0729. The molecule has 3 atom stereocenters. The number of halogens is 1. The summed E-state index contributed by atoms with van der Waals surface area (Å²) in [5.74, 6) is 2.64. The Kier molecular flexibility index (Phi) is 3.63. The van der Waals surface area contributed by atoms with E-state index in [1.807, 2.05) is 19.1 Å². The third-order valence-corrected chi connectivity index (χ3v) is 4.35. The van der Waals surface area contributed by atoms with E-state index in [4.69, 9.17) is 21.3 Å². The lowest BCUT2D eigenvalue weighted by Crippen LogP contribution is -2.04. The largest absolute Gasteiger partial charge is 0.497 e. The molecule has 4 heteroatoms. The van der Waals surface area contributed by atoms with Crippen LogP contribution in [0.3, 0.4) is 0 Å². The Morgan fingerprint density at radius 3 is 2.95 bits per heavy atom. The molecule has 20 heavy (non-hydrogen) atoms. The molecule has 0 aliphatic heterocycles. The molecule has 2 aromatic rings. The topological polar surface area (TPSA) is 27.1 Å². The molecular formula is C16H21ClN2O. The molecule has 3 unspecified atom stereocenters. The van der Waals surface area contributed by atoms with Gasteiger partial charge in [-0.3, -0.25) is 0 Å². The molecule has 0 saturated heterocycles. The first-order valence-corrected chi connectivity index (χ1v) is 7.79. The van der Waals surface area contributed by atoms with E-state index in [1.165, 1.54) is 19.3 Å². The first-order valence-electron chi connectivity index (χ1n) is 7.35. The third-order valence-electron chi connectivity index (χ3n) is 4.16. The van der Waals surface area contributed by atoms with Gasteiger partial charge in [-0.15, -0.1) is 11.6 Å². The number of aromatic nitrogens is 2. The fraction of sp³-hybridized carbons (Fsp3) is 0.562. The molecule has 0 radical (unpaired) electrons. The molecule has 1 heterocycles. The van der Waals surface area contributed by atoms with Gasteiger partial charge in [-0.05, 0) is 37.8 Å².